The second-order valence-electron chi connectivity index (χ2n) is 4.00. The Morgan fingerprint density at radius 2 is 2.00 bits per heavy atom. The van der Waals surface area contributed by atoms with Crippen LogP contribution in [-0.4, -0.2) is 23.7 Å². The van der Waals surface area contributed by atoms with Crippen LogP contribution >= 0.6 is 0 Å². The van der Waals surface area contributed by atoms with Gasteiger partial charge < -0.3 is 9.84 Å². The molecule has 1 aliphatic rings. The third-order valence-corrected chi connectivity index (χ3v) is 2.96. The summed E-state index contributed by atoms with van der Waals surface area (Å²) in [5.41, 5.74) is 0. The third kappa shape index (κ3) is 3.53. The summed E-state index contributed by atoms with van der Waals surface area (Å²) in [7, 11) is 0. The molecule has 0 aromatic carbocycles. The second kappa shape index (κ2) is 5.73. The fraction of sp³-hybridized carbons (Fsp3) is 0.818. The van der Waals surface area contributed by atoms with Crippen LogP contribution in [0, 0.1) is 11.8 Å². The van der Waals surface area contributed by atoms with Gasteiger partial charge in [0, 0.05) is 6.42 Å². The summed E-state index contributed by atoms with van der Waals surface area (Å²) in [6.07, 6.45) is 3.75. The van der Waals surface area contributed by atoms with E-state index in [2.05, 4.69) is 0 Å². The van der Waals surface area contributed by atoms with Gasteiger partial charge in [0.1, 0.15) is 0 Å². The van der Waals surface area contributed by atoms with Crippen LogP contribution < -0.4 is 0 Å². The van der Waals surface area contributed by atoms with Gasteiger partial charge in [0.05, 0.1) is 12.5 Å². The number of carbonyl (C=O) groups excluding carboxylic acids is 1. The molecule has 0 radical (unpaired) electrons. The summed E-state index contributed by atoms with van der Waals surface area (Å²) < 4.78 is 4.84. The van der Waals surface area contributed by atoms with Crippen molar-refractivity contribution >= 4 is 11.9 Å². The minimum absolute atomic E-state index is 0.0321. The molecule has 2 atom stereocenters. The van der Waals surface area contributed by atoms with Crippen LogP contribution in [0.25, 0.3) is 0 Å². The van der Waals surface area contributed by atoms with E-state index in [4.69, 9.17) is 9.84 Å². The summed E-state index contributed by atoms with van der Waals surface area (Å²) in [6, 6.07) is 0. The molecule has 15 heavy (non-hydrogen) atoms. The summed E-state index contributed by atoms with van der Waals surface area (Å²) in [5, 5.41) is 9.00. The summed E-state index contributed by atoms with van der Waals surface area (Å²) >= 11 is 0. The lowest BCUT2D eigenvalue weighted by molar-refractivity contribution is -0.149. The predicted molar refractivity (Wildman–Crippen MR) is 54.3 cm³/mol. The number of ether oxygens (including phenoxy) is 1. The normalized spacial score (nSPS) is 25.9. The largest absolute Gasteiger partial charge is 0.481 e. The molecule has 2 unspecified atom stereocenters. The first-order valence-electron chi connectivity index (χ1n) is 5.53. The number of hydrogen-bond donors (Lipinski definition) is 1. The number of carboxylic acids is 1. The molecule has 1 saturated carbocycles. The highest BCUT2D eigenvalue weighted by molar-refractivity contribution is 5.74. The van der Waals surface area contributed by atoms with Gasteiger partial charge in [0.2, 0.25) is 0 Å². The van der Waals surface area contributed by atoms with Gasteiger partial charge in [-0.1, -0.05) is 12.8 Å². The highest BCUT2D eigenvalue weighted by atomic mass is 16.5. The zero-order chi connectivity index (χ0) is 11.3. The Hall–Kier alpha value is -1.06. The van der Waals surface area contributed by atoms with Gasteiger partial charge in [0.25, 0.3) is 0 Å². The van der Waals surface area contributed by atoms with E-state index >= 15 is 0 Å². The van der Waals surface area contributed by atoms with Gasteiger partial charge in [-0.15, -0.1) is 0 Å². The first kappa shape index (κ1) is 12.0. The van der Waals surface area contributed by atoms with Crippen molar-refractivity contribution in [1.82, 2.24) is 0 Å². The molecule has 0 spiro atoms. The second-order valence-corrected chi connectivity index (χ2v) is 4.00. The highest BCUT2D eigenvalue weighted by Gasteiger charge is 2.32. The first-order chi connectivity index (χ1) is 7.15. The number of hydrogen-bond acceptors (Lipinski definition) is 3. The smallest absolute Gasteiger partial charge is 0.306 e. The molecule has 0 amide bonds. The summed E-state index contributed by atoms with van der Waals surface area (Å²) in [4.78, 5) is 22.2. The Bertz CT molecular complexity index is 237. The molecule has 4 heteroatoms. The van der Waals surface area contributed by atoms with Gasteiger partial charge in [-0.05, 0) is 25.7 Å². The van der Waals surface area contributed by atoms with Crippen LogP contribution in [-0.2, 0) is 14.3 Å². The van der Waals surface area contributed by atoms with Gasteiger partial charge in [-0.25, -0.2) is 0 Å². The molecule has 4 nitrogen and oxygen atoms in total. The van der Waals surface area contributed by atoms with E-state index in [9.17, 15) is 9.59 Å². The first-order valence-corrected chi connectivity index (χ1v) is 5.53. The molecule has 1 rings (SSSR count). The van der Waals surface area contributed by atoms with Crippen LogP contribution in [0.2, 0.25) is 0 Å². The van der Waals surface area contributed by atoms with Crippen molar-refractivity contribution in [2.75, 3.05) is 6.61 Å². The van der Waals surface area contributed by atoms with Crippen LogP contribution in [0.1, 0.15) is 39.0 Å². The van der Waals surface area contributed by atoms with Crippen LogP contribution in [0.4, 0.5) is 0 Å². The average molecular weight is 214 g/mol. The summed E-state index contributed by atoms with van der Waals surface area (Å²) in [5.74, 6) is -1.43. The van der Waals surface area contributed by atoms with Crippen molar-refractivity contribution in [3.8, 4) is 0 Å². The molecule has 86 valence electrons. The molecule has 0 aromatic rings. The zero-order valence-corrected chi connectivity index (χ0v) is 9.07. The number of aliphatic carboxylic acids is 1. The maximum absolute atomic E-state index is 11.3. The average Bonchev–Trinajstić information content (AvgIpc) is 2.18. The third-order valence-electron chi connectivity index (χ3n) is 2.96. The van der Waals surface area contributed by atoms with E-state index in [1.165, 1.54) is 0 Å². The van der Waals surface area contributed by atoms with Gasteiger partial charge in [0.15, 0.2) is 0 Å². The SMILES string of the molecule is CCOC(=O)CC1CCCCC1C(=O)O. The quantitative estimate of drug-likeness (QED) is 0.725. The monoisotopic (exact) mass is 214 g/mol. The van der Waals surface area contributed by atoms with Crippen molar-refractivity contribution < 1.29 is 19.4 Å². The lowest BCUT2D eigenvalue weighted by Crippen LogP contribution is -2.29. The van der Waals surface area contributed by atoms with Crippen LogP contribution in [0.3, 0.4) is 0 Å². The van der Waals surface area contributed by atoms with Crippen LogP contribution in [0.5, 0.6) is 0 Å². The summed E-state index contributed by atoms with van der Waals surface area (Å²) in [6.45, 7) is 2.12. The lowest BCUT2D eigenvalue weighted by Gasteiger charge is -2.27. The van der Waals surface area contributed by atoms with Crippen molar-refractivity contribution in [3.63, 3.8) is 0 Å². The molecule has 1 aliphatic carbocycles. The minimum Gasteiger partial charge on any atom is -0.481 e. The Morgan fingerprint density at radius 1 is 1.33 bits per heavy atom. The molecule has 0 aromatic heterocycles. The topological polar surface area (TPSA) is 63.6 Å². The van der Waals surface area contributed by atoms with Crippen molar-refractivity contribution in [1.29, 1.82) is 0 Å². The predicted octanol–water partition coefficient (Wildman–Crippen LogP) is 1.83. The minimum atomic E-state index is -0.774. The van der Waals surface area contributed by atoms with Gasteiger partial charge >= 0.3 is 11.9 Å². The van der Waals surface area contributed by atoms with Crippen molar-refractivity contribution in [3.05, 3.63) is 0 Å². The molecule has 0 aliphatic heterocycles. The highest BCUT2D eigenvalue weighted by Crippen LogP contribution is 2.32. The Labute approximate surface area is 89.6 Å². The van der Waals surface area contributed by atoms with E-state index < -0.39 is 5.97 Å². The fourth-order valence-corrected chi connectivity index (χ4v) is 2.21. The molecule has 0 bridgehead atoms. The molecule has 1 N–H and O–H groups in total. The van der Waals surface area contributed by atoms with E-state index in [-0.39, 0.29) is 24.2 Å². The number of rotatable bonds is 4. The van der Waals surface area contributed by atoms with Crippen LogP contribution in [0.15, 0.2) is 0 Å². The maximum Gasteiger partial charge on any atom is 0.306 e. The van der Waals surface area contributed by atoms with E-state index in [1.807, 2.05) is 0 Å². The Balaban J connectivity index is 2.49. The van der Waals surface area contributed by atoms with Gasteiger partial charge in [-0.3, -0.25) is 9.59 Å². The maximum atomic E-state index is 11.3. The molecular weight excluding hydrogens is 196 g/mol. The standard InChI is InChI=1S/C11H18O4/c1-2-15-10(12)7-8-5-3-4-6-9(8)11(13)14/h8-9H,2-7H2,1H3,(H,13,14). The van der Waals surface area contributed by atoms with Crippen molar-refractivity contribution in [2.45, 2.75) is 39.0 Å². The molecule has 0 heterocycles. The number of carbonyl (C=O) groups is 2. The van der Waals surface area contributed by atoms with Crippen molar-refractivity contribution in [2.24, 2.45) is 11.8 Å². The van der Waals surface area contributed by atoms with E-state index in [0.717, 1.165) is 19.3 Å². The molecular formula is C11H18O4. The fourth-order valence-electron chi connectivity index (χ4n) is 2.21. The molecule has 0 saturated heterocycles. The zero-order valence-electron chi connectivity index (χ0n) is 9.07. The van der Waals surface area contributed by atoms with Gasteiger partial charge in [-0.2, -0.15) is 0 Å². The Morgan fingerprint density at radius 3 is 2.60 bits per heavy atom. The Kier molecular flexibility index (Phi) is 4.59. The molecule has 1 fully saturated rings. The van der Waals surface area contributed by atoms with E-state index in [0.29, 0.717) is 13.0 Å². The number of esters is 1. The number of carboxylic acid groups (broad SMARTS) is 1. The van der Waals surface area contributed by atoms with E-state index in [1.54, 1.807) is 6.92 Å². The lowest BCUT2D eigenvalue weighted by atomic mass is 9.77.